The van der Waals surface area contributed by atoms with Crippen LogP contribution in [-0.4, -0.2) is 24.1 Å². The van der Waals surface area contributed by atoms with E-state index >= 15 is 13.2 Å². The lowest BCUT2D eigenvalue weighted by molar-refractivity contribution is -0.137. The van der Waals surface area contributed by atoms with E-state index in [1.54, 1.807) is 100 Å². The lowest BCUT2D eigenvalue weighted by Gasteiger charge is -2.23. The van der Waals surface area contributed by atoms with Crippen molar-refractivity contribution in [2.75, 3.05) is 0 Å². The number of fused-ring (bicyclic) bond motifs is 6. The fourth-order valence-corrected chi connectivity index (χ4v) is 14.2. The summed E-state index contributed by atoms with van der Waals surface area (Å²) in [5.74, 6) is 0.518. The first-order valence-corrected chi connectivity index (χ1v) is 32.6. The maximum Gasteiger partial charge on any atom is 0.417 e. The van der Waals surface area contributed by atoms with Crippen molar-refractivity contribution in [2.45, 2.75) is 6.18 Å². The summed E-state index contributed by atoms with van der Waals surface area (Å²) in [6, 6.07) is 82.4. The lowest BCUT2D eigenvalue weighted by Crippen LogP contribution is -2.11. The van der Waals surface area contributed by atoms with Crippen molar-refractivity contribution in [3.63, 3.8) is 0 Å². The number of nitrogens with zero attached hydrogens (tertiary/aromatic N) is 17. The number of hydrogen-bond donors (Lipinski definition) is 0. The Hall–Kier alpha value is -17.1. The first-order chi connectivity index (χ1) is 52.6. The molecule has 494 valence electrons. The zero-order chi connectivity index (χ0) is 75.2. The minimum absolute atomic E-state index is 0.0127. The number of halogens is 3. The molecule has 0 amide bonds. The van der Waals surface area contributed by atoms with E-state index in [9.17, 15) is 63.1 Å². The van der Waals surface area contributed by atoms with E-state index in [1.807, 2.05) is 84.9 Å². The average Bonchev–Trinajstić information content (AvgIpc) is 1.50. The first kappa shape index (κ1) is 66.8. The maximum absolute atomic E-state index is 17.2. The van der Waals surface area contributed by atoms with Gasteiger partial charge in [-0.3, -0.25) is 0 Å². The van der Waals surface area contributed by atoms with Crippen molar-refractivity contribution < 1.29 is 13.2 Å². The van der Waals surface area contributed by atoms with E-state index < -0.39 is 17.3 Å². The topological polar surface area (TPSA) is 334 Å². The molecule has 20 heteroatoms. The Balaban J connectivity index is 1.10. The molecule has 0 N–H and O–H groups in total. The van der Waals surface area contributed by atoms with Gasteiger partial charge in [-0.1, -0.05) is 91.0 Å². The Morgan fingerprint density at radius 3 is 0.824 bits per heavy atom. The summed E-state index contributed by atoms with van der Waals surface area (Å²) >= 11 is 0. The van der Waals surface area contributed by atoms with E-state index in [-0.39, 0.29) is 140 Å². The van der Waals surface area contributed by atoms with Crippen LogP contribution in [-0.2, 0) is 6.18 Å². The Morgan fingerprint density at radius 2 is 0.537 bits per heavy atom. The Bertz CT molecular complexity index is 6580. The molecule has 0 fully saturated rings. The highest BCUT2D eigenvalue weighted by atomic mass is 19.4. The summed E-state index contributed by atoms with van der Waals surface area (Å²) in [4.78, 5) is 15.0. The third kappa shape index (κ3) is 11.2. The molecule has 17 nitrogen and oxygen atoms in total. The van der Waals surface area contributed by atoms with Crippen molar-refractivity contribution in [3.05, 3.63) is 291 Å². The summed E-state index contributed by atoms with van der Waals surface area (Å²) < 4.78 is 54.9. The molecule has 0 saturated heterocycles. The van der Waals surface area contributed by atoms with Gasteiger partial charge in [0.05, 0.1) is 179 Å². The third-order valence-electron chi connectivity index (χ3n) is 18.8. The number of rotatable bonds is 10. The van der Waals surface area contributed by atoms with Gasteiger partial charge in [0.15, 0.2) is 17.5 Å². The highest BCUT2D eigenvalue weighted by molar-refractivity contribution is 6.15. The van der Waals surface area contributed by atoms with Crippen LogP contribution in [0.3, 0.4) is 0 Å². The molecule has 0 aliphatic heterocycles. The molecule has 0 aliphatic rings. The molecule has 108 heavy (non-hydrogen) atoms. The molecule has 12 aromatic carbocycles. The number of nitriles is 12. The van der Waals surface area contributed by atoms with Crippen LogP contribution in [0.5, 0.6) is 0 Å². The van der Waals surface area contributed by atoms with E-state index in [0.29, 0.717) is 66.0 Å². The molecule has 0 unspecified atom stereocenters. The van der Waals surface area contributed by atoms with Gasteiger partial charge in [0.25, 0.3) is 0 Å². The fourth-order valence-electron chi connectivity index (χ4n) is 14.2. The highest BCUT2D eigenvalue weighted by Crippen LogP contribution is 2.50. The molecular weight excluding hydrogens is 1350 g/mol. The number of hydrogen-bond acceptors (Lipinski definition) is 15. The van der Waals surface area contributed by atoms with Crippen molar-refractivity contribution in [3.8, 4) is 174 Å². The monoisotopic (exact) mass is 1390 g/mol. The summed E-state index contributed by atoms with van der Waals surface area (Å²) in [6.07, 6.45) is -5.17. The van der Waals surface area contributed by atoms with Gasteiger partial charge in [-0.05, 0) is 150 Å². The zero-order valence-corrected chi connectivity index (χ0v) is 55.5. The largest absolute Gasteiger partial charge is 0.417 e. The predicted molar refractivity (Wildman–Crippen MR) is 394 cm³/mol. The lowest BCUT2D eigenvalue weighted by atomic mass is 9.91. The maximum atomic E-state index is 17.2. The van der Waals surface area contributed by atoms with Crippen molar-refractivity contribution in [2.24, 2.45) is 0 Å². The molecule has 3 heterocycles. The van der Waals surface area contributed by atoms with E-state index in [2.05, 4.69) is 48.6 Å². The second kappa shape index (κ2) is 26.8. The van der Waals surface area contributed by atoms with Crippen LogP contribution in [0.2, 0.25) is 0 Å². The van der Waals surface area contributed by atoms with Gasteiger partial charge in [0.2, 0.25) is 0 Å². The van der Waals surface area contributed by atoms with Crippen LogP contribution < -0.4 is 0 Å². The average molecular weight is 1390 g/mol. The number of aromatic nitrogens is 5. The van der Waals surface area contributed by atoms with Crippen LogP contribution in [0.1, 0.15) is 72.3 Å². The van der Waals surface area contributed by atoms with E-state index in [1.165, 1.54) is 60.7 Å². The van der Waals surface area contributed by atoms with Gasteiger partial charge < -0.3 is 9.13 Å². The Labute approximate surface area is 611 Å². The molecule has 0 atom stereocenters. The minimum atomic E-state index is -5.17. The van der Waals surface area contributed by atoms with Gasteiger partial charge >= 0.3 is 6.18 Å². The van der Waals surface area contributed by atoms with Crippen molar-refractivity contribution in [1.82, 2.24) is 24.1 Å². The third-order valence-corrected chi connectivity index (χ3v) is 18.8. The van der Waals surface area contributed by atoms with Gasteiger partial charge in [-0.15, -0.1) is 0 Å². The molecule has 15 aromatic rings. The van der Waals surface area contributed by atoms with E-state index in [4.69, 9.17) is 15.0 Å². The zero-order valence-electron chi connectivity index (χ0n) is 55.5. The fraction of sp³-hybridized carbons (Fsp3) is 0.0114. The summed E-state index contributed by atoms with van der Waals surface area (Å²) in [5.41, 5.74) is 3.00. The number of benzene rings is 12. The molecule has 3 aromatic heterocycles. The van der Waals surface area contributed by atoms with Crippen molar-refractivity contribution in [1.29, 1.82) is 63.1 Å². The SMILES string of the molecule is N#Cc1cc(C#N)c(-c2ccc3c(c2)c2cc(-c4c(C#N)cc(C#N)cc4C#N)ccc2n3-c2ccc(-c3nc(-c4ccccc4)nc(-c4ccccc4)n3)cc2-c2c(-n3c4ccc(-c5c(C#N)cc(C#N)cc5C#N)cc4c4cc(-c5c(C#N)cc(C#N)cc5C#N)ccc43)cccc2C(F)(F)F)c(C#N)c1. The van der Waals surface area contributed by atoms with E-state index in [0.717, 1.165) is 6.07 Å². The van der Waals surface area contributed by atoms with Gasteiger partial charge in [0.1, 0.15) is 0 Å². The predicted octanol–water partition coefficient (Wildman–Crippen LogP) is 18.9. The quantitative estimate of drug-likeness (QED) is 0.123. The molecule has 0 aliphatic carbocycles. The molecule has 15 rings (SSSR count). The van der Waals surface area contributed by atoms with Crippen LogP contribution >= 0.6 is 0 Å². The van der Waals surface area contributed by atoms with Gasteiger partial charge in [-0.2, -0.15) is 76.3 Å². The second-order valence-corrected chi connectivity index (χ2v) is 24.7. The summed E-state index contributed by atoms with van der Waals surface area (Å²) in [6.45, 7) is 0. The summed E-state index contributed by atoms with van der Waals surface area (Å²) in [5, 5.41) is 127. The first-order valence-electron chi connectivity index (χ1n) is 32.6. The van der Waals surface area contributed by atoms with Crippen LogP contribution in [0.15, 0.2) is 218 Å². The molecule has 0 radical (unpaired) electrons. The van der Waals surface area contributed by atoms with Gasteiger partial charge in [0, 0.05) is 71.6 Å². The molecule has 0 spiro atoms. The Kier molecular flexibility index (Phi) is 16.6. The summed E-state index contributed by atoms with van der Waals surface area (Å²) in [7, 11) is 0. The van der Waals surface area contributed by atoms with Crippen LogP contribution in [0.4, 0.5) is 13.2 Å². The standard InChI is InChI=1S/C88H36F3N17/c89-88(90,91)73-12-7-13-79(108-76-21-16-57(82-64(45-100)28-51(39-94)29-65(82)46-101)34-70(76)71-35-58(17-22-77(71)108)83-66(47-102)30-52(40-95)31-67(83)48-103)84(73)72-36-59(87-105-85(53-8-3-1-4-9-53)104-86(106-87)54-10-5-2-6-11-54)18-23-78(72)107-74-19-14-55(80-60(41-96)24-49(37-92)25-61(80)42-97)32-68(74)69-33-56(15-20-75(69)107)81-62(43-98)26-50(38-93)27-63(81)44-99/h1-36H. The molecule has 0 saturated carbocycles. The minimum Gasteiger partial charge on any atom is -0.309 e. The number of alkyl halides is 3. The normalized spacial score (nSPS) is 10.8. The molecule has 0 bridgehead atoms. The Morgan fingerprint density at radius 1 is 0.250 bits per heavy atom. The van der Waals surface area contributed by atoms with Crippen LogP contribution in [0, 0.1) is 136 Å². The van der Waals surface area contributed by atoms with Crippen LogP contribution in [0.25, 0.3) is 145 Å². The molecular formula is C88H36F3N17. The van der Waals surface area contributed by atoms with Crippen molar-refractivity contribution >= 4 is 43.6 Å². The highest BCUT2D eigenvalue weighted by Gasteiger charge is 2.37. The second-order valence-electron chi connectivity index (χ2n) is 24.7. The van der Waals surface area contributed by atoms with Gasteiger partial charge in [-0.25, -0.2) is 15.0 Å². The smallest absolute Gasteiger partial charge is 0.309 e.